The van der Waals surface area contributed by atoms with Crippen molar-refractivity contribution in [2.75, 3.05) is 18.5 Å². The molecule has 3 rings (SSSR count). The second-order valence-corrected chi connectivity index (χ2v) is 11.1. The maximum Gasteiger partial charge on any atom is 0.339 e. The van der Waals surface area contributed by atoms with E-state index in [0.717, 1.165) is 23.0 Å². The molecule has 0 aliphatic heterocycles. The van der Waals surface area contributed by atoms with Gasteiger partial charge in [0.05, 0.1) is 31.6 Å². The van der Waals surface area contributed by atoms with Crippen LogP contribution in [0.15, 0.2) is 65.6 Å². The van der Waals surface area contributed by atoms with Crippen LogP contribution < -0.4 is 15.7 Å². The molecule has 1 heterocycles. The Kier molecular flexibility index (Phi) is 15.1. The summed E-state index contributed by atoms with van der Waals surface area (Å²) in [4.78, 5) is 39.7. The molecule has 2 N–H and O–H groups in total. The molecule has 1 atom stereocenters. The summed E-state index contributed by atoms with van der Waals surface area (Å²) < 4.78 is 13.1. The van der Waals surface area contributed by atoms with Gasteiger partial charge < -0.3 is 19.9 Å². The summed E-state index contributed by atoms with van der Waals surface area (Å²) in [5.41, 5.74) is 0.473. The molecule has 0 spiro atoms. The number of unbranched alkanes of at least 4 members (excludes halogenated alkanes) is 11. The minimum absolute atomic E-state index is 0.00158. The Labute approximate surface area is 261 Å². The topological polar surface area (TPSA) is 112 Å². The van der Waals surface area contributed by atoms with Crippen LogP contribution in [-0.4, -0.2) is 39.3 Å². The number of anilines is 1. The largest absolute Gasteiger partial charge is 0.493 e. The molecule has 0 aliphatic carbocycles. The van der Waals surface area contributed by atoms with E-state index in [9.17, 15) is 19.5 Å². The average molecular weight is 608 g/mol. The Hall–Kier alpha value is -4.01. The normalized spacial score (nSPS) is 11.7. The second kappa shape index (κ2) is 19.3. The van der Waals surface area contributed by atoms with Gasteiger partial charge in [0.1, 0.15) is 5.75 Å². The van der Waals surface area contributed by atoms with E-state index >= 15 is 0 Å². The van der Waals surface area contributed by atoms with Crippen molar-refractivity contribution >= 4 is 17.6 Å². The summed E-state index contributed by atoms with van der Waals surface area (Å²) in [5.74, 6) is -1.82. The number of hydrogen-bond donors (Lipinski definition) is 2. The number of nitrogens with zero attached hydrogens (tertiary/aromatic N) is 2. The lowest BCUT2D eigenvalue weighted by atomic mass is 10.1. The number of hydrogen-bond acceptors (Lipinski definition) is 6. The number of aromatic nitrogens is 2. The van der Waals surface area contributed by atoms with Crippen molar-refractivity contribution in [2.45, 2.75) is 103 Å². The van der Waals surface area contributed by atoms with Crippen molar-refractivity contribution in [3.05, 3.63) is 76.8 Å². The fourth-order valence-electron chi connectivity index (χ4n) is 5.20. The van der Waals surface area contributed by atoms with E-state index in [1.807, 2.05) is 30.3 Å². The Morgan fingerprint density at radius 2 is 1.41 bits per heavy atom. The smallest absolute Gasteiger partial charge is 0.339 e. The van der Waals surface area contributed by atoms with Crippen LogP contribution in [0, 0.1) is 0 Å². The van der Waals surface area contributed by atoms with Crippen LogP contribution in [-0.2, 0) is 20.9 Å². The van der Waals surface area contributed by atoms with Gasteiger partial charge in [-0.15, -0.1) is 0 Å². The van der Waals surface area contributed by atoms with Crippen molar-refractivity contribution in [2.24, 2.45) is 0 Å². The predicted molar refractivity (Wildman–Crippen MR) is 173 cm³/mol. The molecule has 0 saturated heterocycles. The fourth-order valence-corrected chi connectivity index (χ4v) is 5.20. The van der Waals surface area contributed by atoms with E-state index in [-0.39, 0.29) is 13.2 Å². The molecule has 44 heavy (non-hydrogen) atoms. The summed E-state index contributed by atoms with van der Waals surface area (Å²) >= 11 is 0. The molecule has 0 radical (unpaired) electrons. The van der Waals surface area contributed by atoms with E-state index in [1.54, 1.807) is 31.2 Å². The molecule has 240 valence electrons. The SMILES string of the molecule is CCCCCCCCCCCCCCOc1ccccc1NC(=O)C(C(=O)OCC)n1c(O)cn(Cc2ccccc2)c1=O. The van der Waals surface area contributed by atoms with Crippen molar-refractivity contribution < 1.29 is 24.2 Å². The predicted octanol–water partition coefficient (Wildman–Crippen LogP) is 7.23. The summed E-state index contributed by atoms with van der Waals surface area (Å²) in [6.07, 6.45) is 16.2. The number of nitrogens with one attached hydrogen (secondary N) is 1. The van der Waals surface area contributed by atoms with Gasteiger partial charge in [0.15, 0.2) is 0 Å². The first-order valence-electron chi connectivity index (χ1n) is 16.2. The number of aromatic hydroxyl groups is 1. The number of carbonyl (C=O) groups excluding carboxylic acids is 2. The number of benzene rings is 2. The quantitative estimate of drug-likeness (QED) is 0.0751. The van der Waals surface area contributed by atoms with Crippen LogP contribution in [0.25, 0.3) is 0 Å². The molecule has 0 bridgehead atoms. The van der Waals surface area contributed by atoms with E-state index in [0.29, 0.717) is 18.0 Å². The van der Waals surface area contributed by atoms with Crippen molar-refractivity contribution in [3.63, 3.8) is 0 Å². The van der Waals surface area contributed by atoms with Crippen LogP contribution in [0.3, 0.4) is 0 Å². The first-order chi connectivity index (χ1) is 21.5. The molecule has 3 aromatic rings. The van der Waals surface area contributed by atoms with Gasteiger partial charge in [-0.2, -0.15) is 0 Å². The van der Waals surface area contributed by atoms with Gasteiger partial charge in [-0.05, 0) is 31.0 Å². The monoisotopic (exact) mass is 607 g/mol. The van der Waals surface area contributed by atoms with Crippen LogP contribution in [0.5, 0.6) is 11.6 Å². The van der Waals surface area contributed by atoms with Gasteiger partial charge in [-0.1, -0.05) is 120 Å². The summed E-state index contributed by atoms with van der Waals surface area (Å²) in [7, 11) is 0. The number of para-hydroxylation sites is 2. The van der Waals surface area contributed by atoms with Gasteiger partial charge >= 0.3 is 11.7 Å². The minimum atomic E-state index is -1.73. The molecule has 0 aliphatic rings. The molecular formula is C35H49N3O6. The highest BCUT2D eigenvalue weighted by Gasteiger charge is 2.35. The lowest BCUT2D eigenvalue weighted by molar-refractivity contribution is -0.150. The Bertz CT molecular complexity index is 1330. The van der Waals surface area contributed by atoms with Crippen molar-refractivity contribution in [1.82, 2.24) is 9.13 Å². The highest BCUT2D eigenvalue weighted by Crippen LogP contribution is 2.26. The van der Waals surface area contributed by atoms with Crippen LogP contribution in [0.1, 0.15) is 103 Å². The molecule has 0 saturated carbocycles. The average Bonchev–Trinajstić information content (AvgIpc) is 3.28. The van der Waals surface area contributed by atoms with Crippen molar-refractivity contribution in [1.29, 1.82) is 0 Å². The number of ether oxygens (including phenoxy) is 2. The zero-order valence-corrected chi connectivity index (χ0v) is 26.3. The van der Waals surface area contributed by atoms with E-state index in [1.165, 1.54) is 75.0 Å². The number of imidazole rings is 1. The van der Waals surface area contributed by atoms with Gasteiger partial charge in [-0.3, -0.25) is 9.36 Å². The molecule has 0 fully saturated rings. The van der Waals surface area contributed by atoms with E-state index in [4.69, 9.17) is 9.47 Å². The molecule has 9 nitrogen and oxygen atoms in total. The van der Waals surface area contributed by atoms with E-state index in [2.05, 4.69) is 12.2 Å². The number of amides is 1. The first-order valence-corrected chi connectivity index (χ1v) is 16.2. The fraction of sp³-hybridized carbons (Fsp3) is 0.514. The Morgan fingerprint density at radius 1 is 0.818 bits per heavy atom. The standard InChI is InChI=1S/C35H49N3O6/c1-3-5-6-7-8-9-10-11-12-13-14-20-25-44-30-24-19-18-23-29(30)36-33(40)32(34(41)43-4-2)38-31(39)27-37(35(38)42)26-28-21-16-15-17-22-28/h15-19,21-24,27,32,39H,3-14,20,25-26H2,1-2H3,(H,36,40). The van der Waals surface area contributed by atoms with Gasteiger partial charge in [0.25, 0.3) is 5.91 Å². The van der Waals surface area contributed by atoms with Crippen LogP contribution >= 0.6 is 0 Å². The maximum absolute atomic E-state index is 13.5. The molecule has 1 amide bonds. The number of carbonyl (C=O) groups is 2. The molecule has 9 heteroatoms. The summed E-state index contributed by atoms with van der Waals surface area (Å²) in [6, 6.07) is 14.4. The molecule has 1 aromatic heterocycles. The molecule has 1 unspecified atom stereocenters. The highest BCUT2D eigenvalue weighted by atomic mass is 16.5. The van der Waals surface area contributed by atoms with Crippen LogP contribution in [0.4, 0.5) is 5.69 Å². The lowest BCUT2D eigenvalue weighted by Gasteiger charge is -2.18. The minimum Gasteiger partial charge on any atom is -0.493 e. The number of rotatable bonds is 21. The van der Waals surface area contributed by atoms with Crippen LogP contribution in [0.2, 0.25) is 0 Å². The third kappa shape index (κ3) is 10.9. The van der Waals surface area contributed by atoms with Gasteiger partial charge in [0.2, 0.25) is 11.9 Å². The summed E-state index contributed by atoms with van der Waals surface area (Å²) in [6.45, 7) is 4.51. The Morgan fingerprint density at radius 3 is 2.05 bits per heavy atom. The highest BCUT2D eigenvalue weighted by molar-refractivity contribution is 6.07. The zero-order valence-electron chi connectivity index (χ0n) is 26.3. The molecular weight excluding hydrogens is 558 g/mol. The first kappa shape index (κ1) is 34.5. The number of esters is 1. The maximum atomic E-state index is 13.5. The third-order valence-electron chi connectivity index (χ3n) is 7.58. The lowest BCUT2D eigenvalue weighted by Crippen LogP contribution is -2.39. The zero-order chi connectivity index (χ0) is 31.6. The van der Waals surface area contributed by atoms with Gasteiger partial charge in [-0.25, -0.2) is 14.2 Å². The Balaban J connectivity index is 1.56. The van der Waals surface area contributed by atoms with Crippen molar-refractivity contribution in [3.8, 4) is 11.6 Å². The van der Waals surface area contributed by atoms with E-state index < -0.39 is 29.5 Å². The molecule has 2 aromatic carbocycles. The summed E-state index contributed by atoms with van der Waals surface area (Å²) in [5, 5.41) is 13.4. The second-order valence-electron chi connectivity index (χ2n) is 11.1. The van der Waals surface area contributed by atoms with Gasteiger partial charge in [0, 0.05) is 0 Å². The third-order valence-corrected chi connectivity index (χ3v) is 7.58.